The quantitative estimate of drug-likeness (QED) is 0.610. The van der Waals surface area contributed by atoms with Crippen LogP contribution in [0.5, 0.6) is 0 Å². The summed E-state index contributed by atoms with van der Waals surface area (Å²) >= 11 is 0. The average Bonchev–Trinajstić information content (AvgIpc) is 3.43. The fourth-order valence-corrected chi connectivity index (χ4v) is 4.88. The maximum atomic E-state index is 12.4. The highest BCUT2D eigenvalue weighted by Crippen LogP contribution is 2.41. The zero-order chi connectivity index (χ0) is 17.7. The fourth-order valence-electron chi connectivity index (χ4n) is 4.88. The van der Waals surface area contributed by atoms with Crippen LogP contribution in [0.1, 0.15) is 46.4 Å². The molecule has 2 saturated carbocycles. The first-order valence-corrected chi connectivity index (χ1v) is 9.54. The van der Waals surface area contributed by atoms with E-state index in [0.717, 1.165) is 25.7 Å². The molecule has 6 atom stereocenters. The summed E-state index contributed by atoms with van der Waals surface area (Å²) in [6, 6.07) is 6.62. The monoisotopic (exact) mass is 350 g/mol. The minimum Gasteiger partial charge on any atom is -0.458 e. The summed E-state index contributed by atoms with van der Waals surface area (Å²) in [6.45, 7) is 0. The van der Waals surface area contributed by atoms with E-state index in [1.54, 1.807) is 24.3 Å². The highest BCUT2D eigenvalue weighted by Gasteiger charge is 2.39. The van der Waals surface area contributed by atoms with Crippen molar-refractivity contribution in [2.24, 2.45) is 23.7 Å². The predicted molar refractivity (Wildman–Crippen MR) is 95.6 cm³/mol. The van der Waals surface area contributed by atoms with Gasteiger partial charge < -0.3 is 9.47 Å². The van der Waals surface area contributed by atoms with Crippen molar-refractivity contribution >= 4 is 11.9 Å². The lowest BCUT2D eigenvalue weighted by Crippen LogP contribution is -2.23. The van der Waals surface area contributed by atoms with Gasteiger partial charge in [-0.1, -0.05) is 24.3 Å². The lowest BCUT2D eigenvalue weighted by molar-refractivity contribution is 0.0228. The maximum Gasteiger partial charge on any atom is 0.338 e. The van der Waals surface area contributed by atoms with Crippen molar-refractivity contribution in [1.29, 1.82) is 0 Å². The van der Waals surface area contributed by atoms with E-state index in [4.69, 9.17) is 9.47 Å². The van der Waals surface area contributed by atoms with E-state index in [2.05, 4.69) is 24.3 Å². The fraction of sp³-hybridized carbons (Fsp3) is 0.455. The second-order valence-electron chi connectivity index (χ2n) is 8.03. The number of hydrogen-bond donors (Lipinski definition) is 0. The van der Waals surface area contributed by atoms with Gasteiger partial charge in [-0.2, -0.15) is 0 Å². The van der Waals surface area contributed by atoms with Crippen molar-refractivity contribution in [1.82, 2.24) is 0 Å². The second-order valence-corrected chi connectivity index (χ2v) is 8.03. The molecule has 0 spiro atoms. The third-order valence-corrected chi connectivity index (χ3v) is 6.31. The van der Waals surface area contributed by atoms with Gasteiger partial charge in [0.15, 0.2) is 0 Å². The maximum absolute atomic E-state index is 12.4. The van der Waals surface area contributed by atoms with Crippen LogP contribution in [0, 0.1) is 23.7 Å². The molecule has 1 aromatic rings. The molecule has 4 bridgehead atoms. The molecule has 0 aromatic heterocycles. The number of allylic oxidation sites excluding steroid dienone is 2. The minimum absolute atomic E-state index is 0.00649. The molecule has 134 valence electrons. The molecule has 0 saturated heterocycles. The van der Waals surface area contributed by atoms with Crippen molar-refractivity contribution in [3.05, 3.63) is 59.7 Å². The van der Waals surface area contributed by atoms with Crippen molar-refractivity contribution in [3.63, 3.8) is 0 Å². The highest BCUT2D eigenvalue weighted by molar-refractivity contribution is 5.93. The topological polar surface area (TPSA) is 52.6 Å². The number of benzene rings is 1. The second kappa shape index (κ2) is 6.11. The van der Waals surface area contributed by atoms with Gasteiger partial charge in [0.05, 0.1) is 11.1 Å². The van der Waals surface area contributed by atoms with Gasteiger partial charge in [0.1, 0.15) is 12.2 Å². The van der Waals surface area contributed by atoms with E-state index >= 15 is 0 Å². The number of fused-ring (bicyclic) bond motifs is 4. The van der Waals surface area contributed by atoms with Crippen LogP contribution in [0.3, 0.4) is 0 Å². The molecule has 1 aromatic carbocycles. The molecule has 5 rings (SSSR count). The van der Waals surface area contributed by atoms with E-state index < -0.39 is 0 Å². The highest BCUT2D eigenvalue weighted by atomic mass is 16.5. The van der Waals surface area contributed by atoms with Gasteiger partial charge in [-0.3, -0.25) is 0 Å². The molecule has 0 aliphatic heterocycles. The van der Waals surface area contributed by atoms with E-state index in [-0.39, 0.29) is 24.1 Å². The Balaban J connectivity index is 1.20. The summed E-state index contributed by atoms with van der Waals surface area (Å²) in [5, 5.41) is 0. The molecule has 0 amide bonds. The first kappa shape index (κ1) is 15.9. The molecule has 4 nitrogen and oxygen atoms in total. The minimum atomic E-state index is -0.311. The van der Waals surface area contributed by atoms with Crippen LogP contribution in [0.4, 0.5) is 0 Å². The Morgan fingerprint density at radius 1 is 0.654 bits per heavy atom. The van der Waals surface area contributed by atoms with Crippen LogP contribution in [0.15, 0.2) is 48.6 Å². The number of hydrogen-bond acceptors (Lipinski definition) is 4. The normalized spacial score (nSPS) is 35.8. The molecule has 4 aliphatic carbocycles. The summed E-state index contributed by atoms with van der Waals surface area (Å²) in [4.78, 5) is 24.7. The van der Waals surface area contributed by atoms with Gasteiger partial charge in [-0.25, -0.2) is 9.59 Å². The van der Waals surface area contributed by atoms with Crippen LogP contribution >= 0.6 is 0 Å². The van der Waals surface area contributed by atoms with Crippen LogP contribution in [-0.2, 0) is 9.47 Å². The summed E-state index contributed by atoms with van der Waals surface area (Å²) < 4.78 is 11.3. The number of carbonyl (C=O) groups is 2. The van der Waals surface area contributed by atoms with E-state index in [1.807, 2.05) is 0 Å². The van der Waals surface area contributed by atoms with Crippen LogP contribution in [0.2, 0.25) is 0 Å². The summed E-state index contributed by atoms with van der Waals surface area (Å²) in [6.07, 6.45) is 12.8. The molecule has 26 heavy (non-hydrogen) atoms. The van der Waals surface area contributed by atoms with Gasteiger partial charge in [-0.05, 0) is 61.8 Å². The Bertz CT molecular complexity index is 724. The standard InChI is InChI=1S/C22H22O4/c23-21(25-19-11-13-1-3-17(19)9-13)15-5-7-16(8-6-15)22(24)26-20-12-14-2-4-18(20)10-14/h1-8,13-14,17-20H,9-12H2. The molecule has 0 heterocycles. The van der Waals surface area contributed by atoms with Crippen molar-refractivity contribution in [3.8, 4) is 0 Å². The summed E-state index contributed by atoms with van der Waals surface area (Å²) in [7, 11) is 0. The van der Waals surface area contributed by atoms with Gasteiger partial charge in [0, 0.05) is 11.8 Å². The number of esters is 2. The Kier molecular flexibility index (Phi) is 3.73. The Labute approximate surface area is 152 Å². The largest absolute Gasteiger partial charge is 0.458 e. The number of carbonyl (C=O) groups excluding carboxylic acids is 2. The van der Waals surface area contributed by atoms with E-state index in [9.17, 15) is 9.59 Å². The van der Waals surface area contributed by atoms with Crippen LogP contribution < -0.4 is 0 Å². The van der Waals surface area contributed by atoms with Gasteiger partial charge in [0.2, 0.25) is 0 Å². The van der Waals surface area contributed by atoms with Crippen LogP contribution in [-0.4, -0.2) is 24.1 Å². The van der Waals surface area contributed by atoms with Crippen molar-refractivity contribution < 1.29 is 19.1 Å². The Morgan fingerprint density at radius 3 is 1.38 bits per heavy atom. The SMILES string of the molecule is O=C(OC1CC2C=CC1C2)c1ccc(C(=O)OC2CC3C=CC2C3)cc1. The molecular formula is C22H22O4. The zero-order valence-corrected chi connectivity index (χ0v) is 14.5. The Morgan fingerprint density at radius 2 is 1.08 bits per heavy atom. The molecular weight excluding hydrogens is 328 g/mol. The molecule has 4 heteroatoms. The summed E-state index contributed by atoms with van der Waals surface area (Å²) in [5.74, 6) is 1.25. The van der Waals surface area contributed by atoms with E-state index in [1.165, 1.54) is 0 Å². The zero-order valence-electron chi connectivity index (χ0n) is 14.5. The molecule has 4 aliphatic rings. The van der Waals surface area contributed by atoms with Crippen molar-refractivity contribution in [2.45, 2.75) is 37.9 Å². The van der Waals surface area contributed by atoms with E-state index in [0.29, 0.717) is 34.8 Å². The molecule has 2 fully saturated rings. The number of rotatable bonds is 4. The van der Waals surface area contributed by atoms with Gasteiger partial charge >= 0.3 is 11.9 Å². The molecule has 0 radical (unpaired) electrons. The Hall–Kier alpha value is -2.36. The molecule has 0 N–H and O–H groups in total. The van der Waals surface area contributed by atoms with Crippen LogP contribution in [0.25, 0.3) is 0 Å². The first-order chi connectivity index (χ1) is 12.7. The van der Waals surface area contributed by atoms with Crippen molar-refractivity contribution in [2.75, 3.05) is 0 Å². The van der Waals surface area contributed by atoms with Gasteiger partial charge in [-0.15, -0.1) is 0 Å². The number of ether oxygens (including phenoxy) is 2. The third-order valence-electron chi connectivity index (χ3n) is 6.31. The van der Waals surface area contributed by atoms with Gasteiger partial charge in [0.25, 0.3) is 0 Å². The molecule has 6 unspecified atom stereocenters. The smallest absolute Gasteiger partial charge is 0.338 e. The first-order valence-electron chi connectivity index (χ1n) is 9.54. The lowest BCUT2D eigenvalue weighted by Gasteiger charge is -2.19. The predicted octanol–water partition coefficient (Wildman–Crippen LogP) is 3.93. The summed E-state index contributed by atoms with van der Waals surface area (Å²) in [5.41, 5.74) is 0.965. The lowest BCUT2D eigenvalue weighted by atomic mass is 10.0. The third kappa shape index (κ3) is 2.77. The average molecular weight is 350 g/mol.